The molecule has 56 valence electrons. The highest BCUT2D eigenvalue weighted by atomic mass is 16.3. The number of rotatable bonds is 1. The van der Waals surface area contributed by atoms with E-state index in [2.05, 4.69) is 4.85 Å². The minimum absolute atomic E-state index is 0.278. The second-order valence-electron chi connectivity index (χ2n) is 2.28. The van der Waals surface area contributed by atoms with E-state index in [1.807, 2.05) is 6.92 Å². The molecule has 0 fully saturated rings. The summed E-state index contributed by atoms with van der Waals surface area (Å²) in [5, 5.41) is 9.23. The van der Waals surface area contributed by atoms with Crippen LogP contribution in [-0.2, 0) is 6.42 Å². The molecule has 0 saturated heterocycles. The minimum Gasteiger partial charge on any atom is -0.508 e. The summed E-state index contributed by atoms with van der Waals surface area (Å²) in [6, 6.07) is 4.88. The van der Waals surface area contributed by atoms with Gasteiger partial charge in [0.2, 0.25) is 0 Å². The maximum atomic E-state index is 9.23. The number of nitrogens with zero attached hydrogens (tertiary/aromatic N) is 1. The summed E-state index contributed by atoms with van der Waals surface area (Å²) in [6.45, 7) is 8.68. The van der Waals surface area contributed by atoms with Crippen molar-refractivity contribution in [1.29, 1.82) is 0 Å². The Bertz CT molecular complexity index is 299. The number of benzene rings is 1. The Balaban J connectivity index is 3.15. The van der Waals surface area contributed by atoms with Crippen LogP contribution < -0.4 is 0 Å². The first kappa shape index (κ1) is 7.62. The predicted molar refractivity (Wildman–Crippen MR) is 43.7 cm³/mol. The summed E-state index contributed by atoms with van der Waals surface area (Å²) in [5.74, 6) is 0.278. The molecule has 0 bridgehead atoms. The highest BCUT2D eigenvalue weighted by Gasteiger charge is 1.98. The monoisotopic (exact) mass is 147 g/mol. The molecule has 1 aromatic carbocycles. The summed E-state index contributed by atoms with van der Waals surface area (Å²) in [5.41, 5.74) is 1.41. The van der Waals surface area contributed by atoms with Crippen LogP contribution in [0.25, 0.3) is 4.85 Å². The molecule has 0 unspecified atom stereocenters. The van der Waals surface area contributed by atoms with Crippen molar-refractivity contribution in [3.05, 3.63) is 35.2 Å². The van der Waals surface area contributed by atoms with E-state index in [0.29, 0.717) is 5.69 Å². The zero-order valence-electron chi connectivity index (χ0n) is 6.33. The van der Waals surface area contributed by atoms with Gasteiger partial charge in [-0.05, 0) is 24.1 Å². The number of hydrogen-bond acceptors (Lipinski definition) is 1. The van der Waals surface area contributed by atoms with Gasteiger partial charge < -0.3 is 5.11 Å². The van der Waals surface area contributed by atoms with Crippen LogP contribution in [0.3, 0.4) is 0 Å². The molecule has 1 N–H and O–H groups in total. The SMILES string of the molecule is [C-]#[N+]c1ccc(O)c(CC)c1. The fourth-order valence-corrected chi connectivity index (χ4v) is 0.925. The van der Waals surface area contributed by atoms with Gasteiger partial charge >= 0.3 is 0 Å². The lowest BCUT2D eigenvalue weighted by atomic mass is 10.1. The fraction of sp³-hybridized carbons (Fsp3) is 0.222. The fourth-order valence-electron chi connectivity index (χ4n) is 0.925. The van der Waals surface area contributed by atoms with Crippen LogP contribution in [-0.4, -0.2) is 5.11 Å². The van der Waals surface area contributed by atoms with E-state index in [-0.39, 0.29) is 5.75 Å². The highest BCUT2D eigenvalue weighted by molar-refractivity contribution is 5.51. The summed E-state index contributed by atoms with van der Waals surface area (Å²) < 4.78 is 0. The Morgan fingerprint density at radius 2 is 2.27 bits per heavy atom. The van der Waals surface area contributed by atoms with Gasteiger partial charge in [0, 0.05) is 0 Å². The molecule has 0 aliphatic heterocycles. The number of aryl methyl sites for hydroxylation is 1. The van der Waals surface area contributed by atoms with E-state index >= 15 is 0 Å². The second kappa shape index (κ2) is 3.07. The van der Waals surface area contributed by atoms with E-state index in [4.69, 9.17) is 6.57 Å². The average molecular weight is 147 g/mol. The van der Waals surface area contributed by atoms with Crippen molar-refractivity contribution in [1.82, 2.24) is 0 Å². The van der Waals surface area contributed by atoms with Crippen molar-refractivity contribution < 1.29 is 5.11 Å². The summed E-state index contributed by atoms with van der Waals surface area (Å²) in [6.07, 6.45) is 0.759. The van der Waals surface area contributed by atoms with Gasteiger partial charge in [-0.3, -0.25) is 0 Å². The van der Waals surface area contributed by atoms with E-state index in [9.17, 15) is 5.11 Å². The van der Waals surface area contributed by atoms with Crippen molar-refractivity contribution in [2.45, 2.75) is 13.3 Å². The van der Waals surface area contributed by atoms with E-state index < -0.39 is 0 Å². The van der Waals surface area contributed by atoms with Gasteiger partial charge in [0.15, 0.2) is 5.69 Å². The lowest BCUT2D eigenvalue weighted by molar-refractivity contribution is 0.469. The maximum Gasteiger partial charge on any atom is 0.187 e. The minimum atomic E-state index is 0.278. The first-order valence-corrected chi connectivity index (χ1v) is 3.47. The van der Waals surface area contributed by atoms with Gasteiger partial charge in [-0.25, -0.2) is 4.85 Å². The van der Waals surface area contributed by atoms with E-state index in [0.717, 1.165) is 12.0 Å². The zero-order chi connectivity index (χ0) is 8.27. The van der Waals surface area contributed by atoms with Crippen molar-refractivity contribution in [2.75, 3.05) is 0 Å². The van der Waals surface area contributed by atoms with Crippen LogP contribution in [0.5, 0.6) is 5.75 Å². The molecule has 0 radical (unpaired) electrons. The molecule has 2 heteroatoms. The molecular formula is C9H9NO. The van der Waals surface area contributed by atoms with Crippen LogP contribution in [0.4, 0.5) is 5.69 Å². The van der Waals surface area contributed by atoms with Crippen LogP contribution in [0.15, 0.2) is 18.2 Å². The van der Waals surface area contributed by atoms with Crippen LogP contribution in [0.2, 0.25) is 0 Å². The number of phenolic OH excluding ortho intramolecular Hbond substituents is 1. The summed E-state index contributed by atoms with van der Waals surface area (Å²) >= 11 is 0. The van der Waals surface area contributed by atoms with Crippen LogP contribution >= 0.6 is 0 Å². The Morgan fingerprint density at radius 3 is 2.82 bits per heavy atom. The zero-order valence-corrected chi connectivity index (χ0v) is 6.33. The molecule has 0 saturated carbocycles. The molecule has 1 aromatic rings. The van der Waals surface area contributed by atoms with Crippen molar-refractivity contribution >= 4 is 5.69 Å². The molecule has 0 aromatic heterocycles. The van der Waals surface area contributed by atoms with Gasteiger partial charge in [-0.1, -0.05) is 13.0 Å². The second-order valence-corrected chi connectivity index (χ2v) is 2.28. The molecule has 2 nitrogen and oxygen atoms in total. The first-order valence-electron chi connectivity index (χ1n) is 3.47. The third-order valence-electron chi connectivity index (χ3n) is 1.57. The Kier molecular flexibility index (Phi) is 2.12. The Labute approximate surface area is 65.9 Å². The largest absolute Gasteiger partial charge is 0.508 e. The number of aromatic hydroxyl groups is 1. The van der Waals surface area contributed by atoms with Gasteiger partial charge in [0.1, 0.15) is 5.75 Å². The lowest BCUT2D eigenvalue weighted by Gasteiger charge is -1.99. The van der Waals surface area contributed by atoms with Gasteiger partial charge in [-0.15, -0.1) is 0 Å². The van der Waals surface area contributed by atoms with Crippen molar-refractivity contribution in [2.24, 2.45) is 0 Å². The van der Waals surface area contributed by atoms with Gasteiger partial charge in [0.05, 0.1) is 6.57 Å². The summed E-state index contributed by atoms with van der Waals surface area (Å²) in [4.78, 5) is 3.26. The number of phenols is 1. The van der Waals surface area contributed by atoms with E-state index in [1.165, 1.54) is 0 Å². The normalized spacial score (nSPS) is 9.09. The average Bonchev–Trinajstić information content (AvgIpc) is 2.05. The molecule has 0 aliphatic carbocycles. The molecule has 0 amide bonds. The predicted octanol–water partition coefficient (Wildman–Crippen LogP) is 2.51. The molecule has 11 heavy (non-hydrogen) atoms. The Morgan fingerprint density at radius 1 is 1.55 bits per heavy atom. The highest BCUT2D eigenvalue weighted by Crippen LogP contribution is 2.23. The molecule has 0 spiro atoms. The smallest absolute Gasteiger partial charge is 0.187 e. The van der Waals surface area contributed by atoms with Crippen LogP contribution in [0.1, 0.15) is 12.5 Å². The molecule has 1 rings (SSSR count). The lowest BCUT2D eigenvalue weighted by Crippen LogP contribution is -1.79. The number of hydrogen-bond donors (Lipinski definition) is 1. The molecule has 0 heterocycles. The quantitative estimate of drug-likeness (QED) is 0.606. The molecule has 0 aliphatic rings. The van der Waals surface area contributed by atoms with Gasteiger partial charge in [0.25, 0.3) is 0 Å². The van der Waals surface area contributed by atoms with Crippen LogP contribution in [0, 0.1) is 6.57 Å². The standard InChI is InChI=1S/C9H9NO/c1-3-7-6-8(10-2)4-5-9(7)11/h4-6,11H,3H2,1H3. The van der Waals surface area contributed by atoms with E-state index in [1.54, 1.807) is 18.2 Å². The maximum absolute atomic E-state index is 9.23. The molecule has 0 atom stereocenters. The third-order valence-corrected chi connectivity index (χ3v) is 1.57. The topological polar surface area (TPSA) is 24.6 Å². The van der Waals surface area contributed by atoms with Crippen molar-refractivity contribution in [3.8, 4) is 5.75 Å². The first-order chi connectivity index (χ1) is 5.27. The third kappa shape index (κ3) is 1.50. The molecular weight excluding hydrogens is 138 g/mol. The van der Waals surface area contributed by atoms with Gasteiger partial charge in [-0.2, -0.15) is 0 Å². The summed E-state index contributed by atoms with van der Waals surface area (Å²) in [7, 11) is 0. The Hall–Kier alpha value is -1.49. The van der Waals surface area contributed by atoms with Crippen molar-refractivity contribution in [3.63, 3.8) is 0 Å².